The van der Waals surface area contributed by atoms with Gasteiger partial charge in [0.1, 0.15) is 5.60 Å². The van der Waals surface area contributed by atoms with E-state index in [1.807, 2.05) is 58.1 Å². The Morgan fingerprint density at radius 2 is 2.08 bits per heavy atom. The van der Waals surface area contributed by atoms with Gasteiger partial charge in [-0.1, -0.05) is 6.07 Å². The number of nitrogens with zero attached hydrogens (tertiary/aromatic N) is 3. The number of likely N-dealkylation sites (tertiary alicyclic amines) is 1. The predicted molar refractivity (Wildman–Crippen MR) is 101 cm³/mol. The fraction of sp³-hybridized carbons (Fsp3) is 0.550. The number of hydrogen-bond donors (Lipinski definition) is 0. The summed E-state index contributed by atoms with van der Waals surface area (Å²) in [6.45, 7) is 6.55. The van der Waals surface area contributed by atoms with Crippen molar-refractivity contribution in [2.45, 2.75) is 39.2 Å². The van der Waals surface area contributed by atoms with Crippen LogP contribution >= 0.6 is 0 Å². The van der Waals surface area contributed by atoms with Crippen molar-refractivity contribution in [3.05, 3.63) is 36.3 Å². The molecule has 2 rings (SSSR count). The van der Waals surface area contributed by atoms with E-state index in [0.29, 0.717) is 18.7 Å². The first kappa shape index (κ1) is 19.9. The number of amides is 1. The minimum atomic E-state index is -0.542. The summed E-state index contributed by atoms with van der Waals surface area (Å²) in [6.07, 6.45) is 6.41. The first-order valence-electron chi connectivity index (χ1n) is 8.98. The summed E-state index contributed by atoms with van der Waals surface area (Å²) in [4.78, 5) is 33.2. The molecule has 1 saturated heterocycles. The zero-order chi connectivity index (χ0) is 19.3. The van der Waals surface area contributed by atoms with Gasteiger partial charge in [-0.2, -0.15) is 0 Å². The number of piperidine rings is 1. The van der Waals surface area contributed by atoms with Gasteiger partial charge in [-0.15, -0.1) is 0 Å². The van der Waals surface area contributed by atoms with Crippen molar-refractivity contribution in [3.8, 4) is 0 Å². The number of ketones is 1. The lowest BCUT2D eigenvalue weighted by Gasteiger charge is -2.34. The minimum Gasteiger partial charge on any atom is -0.444 e. The third-order valence-electron chi connectivity index (χ3n) is 4.07. The number of carbonyl (C=O) groups excluding carboxylic acids is 2. The molecule has 142 valence electrons. The zero-order valence-corrected chi connectivity index (χ0v) is 16.4. The molecule has 1 aromatic heterocycles. The Morgan fingerprint density at radius 1 is 1.35 bits per heavy atom. The molecule has 1 unspecified atom stereocenters. The van der Waals surface area contributed by atoms with E-state index < -0.39 is 5.60 Å². The molecule has 0 spiro atoms. The summed E-state index contributed by atoms with van der Waals surface area (Å²) in [6, 6.07) is 3.70. The van der Waals surface area contributed by atoms with Crippen LogP contribution in [0.3, 0.4) is 0 Å². The van der Waals surface area contributed by atoms with Gasteiger partial charge in [0.25, 0.3) is 0 Å². The number of Topliss-reactive ketones (excluding diaryl/α,β-unsaturated/α-hetero) is 1. The van der Waals surface area contributed by atoms with Gasteiger partial charge in [0.15, 0.2) is 5.78 Å². The number of hydrogen-bond acceptors (Lipinski definition) is 5. The van der Waals surface area contributed by atoms with Gasteiger partial charge < -0.3 is 14.5 Å². The van der Waals surface area contributed by atoms with Crippen LogP contribution in [0.25, 0.3) is 5.57 Å². The van der Waals surface area contributed by atoms with Crippen LogP contribution in [0.1, 0.15) is 39.2 Å². The largest absolute Gasteiger partial charge is 0.444 e. The molecule has 1 atom stereocenters. The number of ether oxygens (including phenoxy) is 1. The fourth-order valence-corrected chi connectivity index (χ4v) is 2.96. The topological polar surface area (TPSA) is 62.7 Å². The van der Waals surface area contributed by atoms with Gasteiger partial charge in [0, 0.05) is 62.8 Å². The van der Waals surface area contributed by atoms with Crippen molar-refractivity contribution in [2.24, 2.45) is 5.92 Å². The number of aromatic nitrogens is 1. The molecule has 0 bridgehead atoms. The Bertz CT molecular complexity index is 663. The predicted octanol–water partition coefficient (Wildman–Crippen LogP) is 3.20. The number of carbonyl (C=O) groups is 2. The van der Waals surface area contributed by atoms with E-state index >= 15 is 0 Å². The van der Waals surface area contributed by atoms with Crippen molar-refractivity contribution in [1.82, 2.24) is 14.8 Å². The number of pyridine rings is 1. The van der Waals surface area contributed by atoms with Gasteiger partial charge >= 0.3 is 6.09 Å². The molecule has 6 heteroatoms. The van der Waals surface area contributed by atoms with Crippen molar-refractivity contribution >= 4 is 17.4 Å². The first-order chi connectivity index (χ1) is 12.2. The SMILES string of the molecule is CN(C)/C=C(/C(=O)C1CCCN(C(=O)OC(C)(C)C)C1)c1cccnc1. The van der Waals surface area contributed by atoms with E-state index in [-0.39, 0.29) is 17.8 Å². The third-order valence-corrected chi connectivity index (χ3v) is 4.07. The van der Waals surface area contributed by atoms with Gasteiger partial charge in [-0.3, -0.25) is 9.78 Å². The molecule has 1 fully saturated rings. The molecule has 0 aliphatic carbocycles. The molecule has 6 nitrogen and oxygen atoms in total. The van der Waals surface area contributed by atoms with Gasteiger partial charge in [-0.05, 0) is 39.7 Å². The van der Waals surface area contributed by atoms with Crippen LogP contribution in [0.5, 0.6) is 0 Å². The van der Waals surface area contributed by atoms with Crippen LogP contribution in [0.15, 0.2) is 30.7 Å². The van der Waals surface area contributed by atoms with E-state index in [4.69, 9.17) is 4.74 Å². The van der Waals surface area contributed by atoms with Crippen molar-refractivity contribution < 1.29 is 14.3 Å². The molecular formula is C20H29N3O3. The Labute approximate surface area is 155 Å². The molecule has 0 N–H and O–H groups in total. The smallest absolute Gasteiger partial charge is 0.410 e. The van der Waals surface area contributed by atoms with Crippen molar-refractivity contribution in [1.29, 1.82) is 0 Å². The van der Waals surface area contributed by atoms with Gasteiger partial charge in [0.2, 0.25) is 0 Å². The highest BCUT2D eigenvalue weighted by molar-refractivity contribution is 6.21. The summed E-state index contributed by atoms with van der Waals surface area (Å²) in [5.74, 6) is -0.192. The lowest BCUT2D eigenvalue weighted by atomic mass is 9.88. The fourth-order valence-electron chi connectivity index (χ4n) is 2.96. The molecular weight excluding hydrogens is 330 g/mol. The molecule has 2 heterocycles. The zero-order valence-electron chi connectivity index (χ0n) is 16.4. The average molecular weight is 359 g/mol. The second-order valence-corrected chi connectivity index (χ2v) is 7.88. The summed E-state index contributed by atoms with van der Waals surface area (Å²) in [5, 5.41) is 0. The Kier molecular flexibility index (Phi) is 6.40. The second kappa shape index (κ2) is 8.34. The summed E-state index contributed by atoms with van der Waals surface area (Å²) >= 11 is 0. The quantitative estimate of drug-likeness (QED) is 0.773. The molecule has 1 aliphatic heterocycles. The van der Waals surface area contributed by atoms with Crippen molar-refractivity contribution in [3.63, 3.8) is 0 Å². The lowest BCUT2D eigenvalue weighted by molar-refractivity contribution is -0.118. The highest BCUT2D eigenvalue weighted by atomic mass is 16.6. The maximum Gasteiger partial charge on any atom is 0.410 e. The standard InChI is InChI=1S/C20H29N3O3/c1-20(2,3)26-19(25)23-11-7-9-16(13-23)18(24)17(14-22(4)5)15-8-6-10-21-12-15/h6,8,10,12,14,16H,7,9,11,13H2,1-5H3/b17-14+. The Hall–Kier alpha value is -2.37. The van der Waals surface area contributed by atoms with E-state index in [1.165, 1.54) is 0 Å². The summed E-state index contributed by atoms with van der Waals surface area (Å²) in [7, 11) is 3.77. The molecule has 0 aromatic carbocycles. The van der Waals surface area contributed by atoms with Crippen LogP contribution in [0.2, 0.25) is 0 Å². The maximum atomic E-state index is 13.2. The van der Waals surface area contributed by atoms with Crippen LogP contribution in [-0.2, 0) is 9.53 Å². The summed E-state index contributed by atoms with van der Waals surface area (Å²) < 4.78 is 5.46. The monoisotopic (exact) mass is 359 g/mol. The highest BCUT2D eigenvalue weighted by Crippen LogP contribution is 2.26. The van der Waals surface area contributed by atoms with Gasteiger partial charge in [0.05, 0.1) is 0 Å². The molecule has 1 amide bonds. The minimum absolute atomic E-state index is 0.0416. The number of allylic oxidation sites excluding steroid dienone is 1. The Balaban J connectivity index is 2.17. The number of rotatable bonds is 4. The van der Waals surface area contributed by atoms with E-state index in [2.05, 4.69) is 4.98 Å². The molecule has 1 aromatic rings. The van der Waals surface area contributed by atoms with Crippen LogP contribution < -0.4 is 0 Å². The maximum absolute atomic E-state index is 13.2. The molecule has 26 heavy (non-hydrogen) atoms. The Morgan fingerprint density at radius 3 is 2.65 bits per heavy atom. The van der Waals surface area contributed by atoms with Crippen LogP contribution in [0, 0.1) is 5.92 Å². The normalized spacial score (nSPS) is 18.4. The van der Waals surface area contributed by atoms with E-state index in [1.54, 1.807) is 17.3 Å². The van der Waals surface area contributed by atoms with Crippen LogP contribution in [-0.4, -0.2) is 59.4 Å². The molecule has 1 aliphatic rings. The first-order valence-corrected chi connectivity index (χ1v) is 8.98. The third kappa shape index (κ3) is 5.58. The van der Waals surface area contributed by atoms with Crippen LogP contribution in [0.4, 0.5) is 4.79 Å². The second-order valence-electron chi connectivity index (χ2n) is 7.88. The van der Waals surface area contributed by atoms with Crippen molar-refractivity contribution in [2.75, 3.05) is 27.2 Å². The highest BCUT2D eigenvalue weighted by Gasteiger charge is 2.32. The summed E-state index contributed by atoms with van der Waals surface area (Å²) in [5.41, 5.74) is 0.874. The molecule has 0 radical (unpaired) electrons. The van der Waals surface area contributed by atoms with Gasteiger partial charge in [-0.25, -0.2) is 4.79 Å². The average Bonchev–Trinajstić information content (AvgIpc) is 2.58. The van der Waals surface area contributed by atoms with E-state index in [0.717, 1.165) is 18.4 Å². The van der Waals surface area contributed by atoms with E-state index in [9.17, 15) is 9.59 Å². The molecule has 0 saturated carbocycles. The lowest BCUT2D eigenvalue weighted by Crippen LogP contribution is -2.44.